The summed E-state index contributed by atoms with van der Waals surface area (Å²) in [6.07, 6.45) is 3.87. The summed E-state index contributed by atoms with van der Waals surface area (Å²) in [5.41, 5.74) is 3.94. The molecule has 2 aromatic carbocycles. The van der Waals surface area contributed by atoms with Gasteiger partial charge in [0.2, 0.25) is 0 Å². The molecule has 2 atom stereocenters. The van der Waals surface area contributed by atoms with Crippen LogP contribution >= 0.6 is 23.8 Å². The van der Waals surface area contributed by atoms with Crippen molar-refractivity contribution in [2.24, 2.45) is 0 Å². The van der Waals surface area contributed by atoms with Crippen LogP contribution < -0.4 is 15.0 Å². The number of pyridine rings is 1. The molecule has 4 aromatic rings. The van der Waals surface area contributed by atoms with Gasteiger partial charge in [0.25, 0.3) is 0 Å². The van der Waals surface area contributed by atoms with Crippen LogP contribution in [0.5, 0.6) is 5.75 Å². The zero-order valence-corrected chi connectivity index (χ0v) is 20.7. The SMILES string of the molecule is COCCOc1ccc(N2C(=S)N[C@H](c3ccccn3)[C@@H]2c2cccn2-c2ccccc2)cc1Cl. The molecule has 1 fully saturated rings. The van der Waals surface area contributed by atoms with E-state index in [1.165, 1.54) is 0 Å². The van der Waals surface area contributed by atoms with E-state index in [2.05, 4.69) is 50.2 Å². The molecule has 2 aromatic heterocycles. The van der Waals surface area contributed by atoms with E-state index >= 15 is 0 Å². The summed E-state index contributed by atoms with van der Waals surface area (Å²) in [6.45, 7) is 0.913. The van der Waals surface area contributed by atoms with Gasteiger partial charge in [0.15, 0.2) is 5.11 Å². The highest BCUT2D eigenvalue weighted by Gasteiger charge is 2.42. The Morgan fingerprint density at radius 3 is 2.54 bits per heavy atom. The molecule has 1 aliphatic heterocycles. The van der Waals surface area contributed by atoms with Crippen molar-refractivity contribution in [2.75, 3.05) is 25.2 Å². The predicted octanol–water partition coefficient (Wildman–Crippen LogP) is 5.73. The minimum absolute atomic E-state index is 0.155. The van der Waals surface area contributed by atoms with Crippen molar-refractivity contribution in [3.05, 3.63) is 108 Å². The fourth-order valence-corrected chi connectivity index (χ4v) is 4.96. The molecule has 1 N–H and O–H groups in total. The van der Waals surface area contributed by atoms with E-state index in [-0.39, 0.29) is 12.1 Å². The summed E-state index contributed by atoms with van der Waals surface area (Å²) >= 11 is 12.5. The number of aromatic nitrogens is 2. The van der Waals surface area contributed by atoms with Crippen LogP contribution in [0.2, 0.25) is 5.02 Å². The molecular formula is C27H25ClN4O2S. The third-order valence-corrected chi connectivity index (χ3v) is 6.56. The molecule has 178 valence electrons. The molecule has 0 saturated carbocycles. The minimum atomic E-state index is -0.163. The highest BCUT2D eigenvalue weighted by atomic mass is 35.5. The molecule has 0 radical (unpaired) electrons. The van der Waals surface area contributed by atoms with Gasteiger partial charge < -0.3 is 24.3 Å². The van der Waals surface area contributed by atoms with Gasteiger partial charge in [-0.1, -0.05) is 35.9 Å². The fourth-order valence-electron chi connectivity index (χ4n) is 4.38. The van der Waals surface area contributed by atoms with Gasteiger partial charge in [0.1, 0.15) is 18.4 Å². The molecule has 0 amide bonds. The maximum Gasteiger partial charge on any atom is 0.174 e. The third-order valence-electron chi connectivity index (χ3n) is 5.95. The molecule has 1 saturated heterocycles. The van der Waals surface area contributed by atoms with Crippen LogP contribution in [0, 0.1) is 0 Å². The van der Waals surface area contributed by atoms with Crippen LogP contribution in [-0.4, -0.2) is 35.0 Å². The molecule has 3 heterocycles. The number of para-hydroxylation sites is 1. The van der Waals surface area contributed by atoms with Crippen LogP contribution in [0.3, 0.4) is 0 Å². The highest BCUT2D eigenvalue weighted by molar-refractivity contribution is 7.80. The lowest BCUT2D eigenvalue weighted by Crippen LogP contribution is -2.30. The van der Waals surface area contributed by atoms with Crippen molar-refractivity contribution in [1.29, 1.82) is 0 Å². The molecule has 8 heteroatoms. The molecule has 0 spiro atoms. The summed E-state index contributed by atoms with van der Waals surface area (Å²) in [6, 6.07) is 25.8. The van der Waals surface area contributed by atoms with E-state index in [4.69, 9.17) is 33.3 Å². The van der Waals surface area contributed by atoms with E-state index in [1.54, 1.807) is 13.3 Å². The van der Waals surface area contributed by atoms with Crippen molar-refractivity contribution in [2.45, 2.75) is 12.1 Å². The zero-order chi connectivity index (χ0) is 24.2. The van der Waals surface area contributed by atoms with Gasteiger partial charge in [-0.05, 0) is 66.8 Å². The number of hydrogen-bond acceptors (Lipinski definition) is 4. The first-order chi connectivity index (χ1) is 17.2. The number of nitrogens with one attached hydrogen (secondary N) is 1. The van der Waals surface area contributed by atoms with E-state index in [1.807, 2.05) is 54.6 Å². The van der Waals surface area contributed by atoms with Gasteiger partial charge in [-0.3, -0.25) is 4.98 Å². The Morgan fingerprint density at radius 1 is 0.971 bits per heavy atom. The lowest BCUT2D eigenvalue weighted by molar-refractivity contribution is 0.146. The lowest BCUT2D eigenvalue weighted by atomic mass is 10.0. The third kappa shape index (κ3) is 4.75. The number of rotatable bonds is 8. The van der Waals surface area contributed by atoms with Crippen molar-refractivity contribution < 1.29 is 9.47 Å². The smallest absolute Gasteiger partial charge is 0.174 e. The predicted molar refractivity (Wildman–Crippen MR) is 143 cm³/mol. The van der Waals surface area contributed by atoms with Crippen molar-refractivity contribution >= 4 is 34.6 Å². The molecule has 1 aliphatic rings. The first kappa shape index (κ1) is 23.4. The number of anilines is 1. The van der Waals surface area contributed by atoms with Crippen molar-refractivity contribution in [3.63, 3.8) is 0 Å². The Bertz CT molecular complexity index is 1300. The van der Waals surface area contributed by atoms with Gasteiger partial charge in [-0.15, -0.1) is 0 Å². The minimum Gasteiger partial charge on any atom is -0.490 e. The summed E-state index contributed by atoms with van der Waals surface area (Å²) < 4.78 is 13.0. The van der Waals surface area contributed by atoms with Gasteiger partial charge >= 0.3 is 0 Å². The standard InChI is InChI=1S/C27H25ClN4O2S/c1-33-16-17-34-24-13-12-20(18-21(24)28)32-26(25(30-27(32)35)22-10-5-6-14-29-22)23-11-7-15-31(23)19-8-3-2-4-9-19/h2-15,18,25-26H,16-17H2,1H3,(H,30,35)/t25-,26+/m1/s1. The van der Waals surface area contributed by atoms with Crippen molar-refractivity contribution in [3.8, 4) is 11.4 Å². The van der Waals surface area contributed by atoms with E-state index in [0.29, 0.717) is 29.1 Å². The molecule has 6 nitrogen and oxygen atoms in total. The molecule has 0 unspecified atom stereocenters. The molecule has 0 bridgehead atoms. The number of methoxy groups -OCH3 is 1. The monoisotopic (exact) mass is 504 g/mol. The Labute approximate surface area is 215 Å². The number of halogens is 1. The average molecular weight is 505 g/mol. The molecule has 5 rings (SSSR count). The first-order valence-electron chi connectivity index (χ1n) is 11.3. The second kappa shape index (κ2) is 10.5. The maximum absolute atomic E-state index is 6.61. The highest BCUT2D eigenvalue weighted by Crippen LogP contribution is 2.43. The number of ether oxygens (including phenoxy) is 2. The van der Waals surface area contributed by atoms with E-state index in [0.717, 1.165) is 22.8 Å². The number of benzene rings is 2. The summed E-state index contributed by atoms with van der Waals surface area (Å²) in [5.74, 6) is 0.607. The van der Waals surface area contributed by atoms with E-state index < -0.39 is 0 Å². The van der Waals surface area contributed by atoms with Crippen molar-refractivity contribution in [1.82, 2.24) is 14.9 Å². The summed E-state index contributed by atoms with van der Waals surface area (Å²) in [4.78, 5) is 6.75. The van der Waals surface area contributed by atoms with Crippen LogP contribution in [0.25, 0.3) is 5.69 Å². The Balaban J connectivity index is 1.58. The normalized spacial score (nSPS) is 17.4. The first-order valence-corrected chi connectivity index (χ1v) is 12.1. The number of hydrogen-bond donors (Lipinski definition) is 1. The Morgan fingerprint density at radius 2 is 1.80 bits per heavy atom. The van der Waals surface area contributed by atoms with Gasteiger partial charge in [-0.2, -0.15) is 0 Å². The Kier molecular flexibility index (Phi) is 6.99. The van der Waals surface area contributed by atoms with E-state index in [9.17, 15) is 0 Å². The molecule has 0 aliphatic carbocycles. The van der Waals surface area contributed by atoms with Crippen LogP contribution in [-0.2, 0) is 4.74 Å². The zero-order valence-electron chi connectivity index (χ0n) is 19.2. The van der Waals surface area contributed by atoms with Gasteiger partial charge in [-0.25, -0.2) is 0 Å². The van der Waals surface area contributed by atoms with Gasteiger partial charge in [0.05, 0.1) is 23.4 Å². The second-order valence-corrected chi connectivity index (χ2v) is 8.89. The van der Waals surface area contributed by atoms with Gasteiger partial charge in [0, 0.05) is 36.6 Å². The summed E-state index contributed by atoms with van der Waals surface area (Å²) in [5, 5.41) is 4.62. The van der Waals surface area contributed by atoms with Crippen LogP contribution in [0.15, 0.2) is 91.3 Å². The number of nitrogens with zero attached hydrogens (tertiary/aromatic N) is 3. The lowest BCUT2D eigenvalue weighted by Gasteiger charge is -2.29. The number of thiocarbonyl (C=S) groups is 1. The molecular weight excluding hydrogens is 480 g/mol. The largest absolute Gasteiger partial charge is 0.490 e. The van der Waals surface area contributed by atoms with Crippen LogP contribution in [0.4, 0.5) is 5.69 Å². The summed E-state index contributed by atoms with van der Waals surface area (Å²) in [7, 11) is 1.64. The quantitative estimate of drug-likeness (QED) is 0.244. The topological polar surface area (TPSA) is 51.6 Å². The Hall–Kier alpha value is -3.39. The molecule has 35 heavy (non-hydrogen) atoms. The fraction of sp³-hybridized carbons (Fsp3) is 0.185. The average Bonchev–Trinajstić information content (AvgIpc) is 3.50. The van der Waals surface area contributed by atoms with Crippen LogP contribution in [0.1, 0.15) is 23.5 Å². The second-order valence-electron chi connectivity index (χ2n) is 8.09. The maximum atomic E-state index is 6.61.